The van der Waals surface area contributed by atoms with Crippen LogP contribution in [0.3, 0.4) is 0 Å². The van der Waals surface area contributed by atoms with E-state index in [9.17, 15) is 9.59 Å². The number of aromatic nitrogens is 2. The van der Waals surface area contributed by atoms with Crippen LogP contribution in [-0.4, -0.2) is 34.0 Å². The van der Waals surface area contributed by atoms with Crippen LogP contribution in [0.2, 0.25) is 0 Å². The Morgan fingerprint density at radius 1 is 1.50 bits per heavy atom. The summed E-state index contributed by atoms with van der Waals surface area (Å²) in [5, 5.41) is 0. The van der Waals surface area contributed by atoms with Gasteiger partial charge in [0.25, 0.3) is 5.56 Å². The molecule has 7 heteroatoms. The van der Waals surface area contributed by atoms with Crippen LogP contribution < -0.4 is 11.2 Å². The normalized spacial score (nSPS) is 37.2. The number of aromatic amines is 1. The number of ether oxygens (including phenoxy) is 2. The molecule has 1 fully saturated rings. The van der Waals surface area contributed by atoms with E-state index in [1.54, 1.807) is 6.92 Å². The standard InChI is InChI=1S/C13H19FN2O4/c1-5-12(2)9(19-4)13(3,14)10(20-12)16-7-6-8(17)15-11(16)18/h6-7,9-10H,5H2,1-4H3,(H,15,17,18). The Labute approximate surface area is 115 Å². The van der Waals surface area contributed by atoms with Crippen molar-refractivity contribution in [3.63, 3.8) is 0 Å². The van der Waals surface area contributed by atoms with Crippen molar-refractivity contribution >= 4 is 0 Å². The van der Waals surface area contributed by atoms with E-state index < -0.39 is 34.9 Å². The molecule has 1 aliphatic heterocycles. The highest BCUT2D eigenvalue weighted by Crippen LogP contribution is 2.48. The number of hydrogen-bond acceptors (Lipinski definition) is 4. The topological polar surface area (TPSA) is 73.3 Å². The van der Waals surface area contributed by atoms with Gasteiger partial charge in [0.05, 0.1) is 5.60 Å². The molecule has 0 bridgehead atoms. The van der Waals surface area contributed by atoms with Gasteiger partial charge in [-0.25, -0.2) is 9.18 Å². The van der Waals surface area contributed by atoms with E-state index >= 15 is 4.39 Å². The van der Waals surface area contributed by atoms with Gasteiger partial charge in [-0.05, 0) is 20.3 Å². The summed E-state index contributed by atoms with van der Waals surface area (Å²) in [6.07, 6.45) is -0.206. The highest BCUT2D eigenvalue weighted by Gasteiger charge is 2.61. The Kier molecular flexibility index (Phi) is 3.60. The average Bonchev–Trinajstić information content (AvgIpc) is 2.57. The molecule has 2 rings (SSSR count). The van der Waals surface area contributed by atoms with Crippen molar-refractivity contribution in [2.45, 2.75) is 50.8 Å². The monoisotopic (exact) mass is 286 g/mol. The van der Waals surface area contributed by atoms with E-state index in [4.69, 9.17) is 9.47 Å². The van der Waals surface area contributed by atoms with E-state index in [2.05, 4.69) is 4.98 Å². The number of nitrogens with zero attached hydrogens (tertiary/aromatic N) is 1. The second-order valence-electron chi connectivity index (χ2n) is 5.42. The third-order valence-corrected chi connectivity index (χ3v) is 3.97. The summed E-state index contributed by atoms with van der Waals surface area (Å²) in [6, 6.07) is 1.16. The number of nitrogens with one attached hydrogen (secondary N) is 1. The molecular formula is C13H19FN2O4. The zero-order valence-corrected chi connectivity index (χ0v) is 12.0. The molecule has 0 saturated carbocycles. The van der Waals surface area contributed by atoms with E-state index in [1.807, 2.05) is 6.92 Å². The first-order valence-electron chi connectivity index (χ1n) is 6.47. The van der Waals surface area contributed by atoms with Crippen LogP contribution in [0, 0.1) is 0 Å². The molecule has 1 aromatic rings. The smallest absolute Gasteiger partial charge is 0.330 e. The molecule has 0 radical (unpaired) electrons. The van der Waals surface area contributed by atoms with Gasteiger partial charge in [-0.2, -0.15) is 0 Å². The van der Waals surface area contributed by atoms with Crippen molar-refractivity contribution in [2.75, 3.05) is 7.11 Å². The number of hydrogen-bond donors (Lipinski definition) is 1. The Balaban J connectivity index is 2.52. The second kappa shape index (κ2) is 4.82. The molecule has 20 heavy (non-hydrogen) atoms. The molecule has 1 aliphatic rings. The van der Waals surface area contributed by atoms with Crippen LogP contribution in [0.5, 0.6) is 0 Å². The SMILES string of the molecule is CCC1(C)OC(n2ccc(=O)[nH]c2=O)C(C)(F)C1OC. The zero-order valence-electron chi connectivity index (χ0n) is 12.0. The van der Waals surface area contributed by atoms with Gasteiger partial charge in [-0.1, -0.05) is 6.92 Å². The molecular weight excluding hydrogens is 267 g/mol. The average molecular weight is 286 g/mol. The Morgan fingerprint density at radius 2 is 2.15 bits per heavy atom. The van der Waals surface area contributed by atoms with Crippen molar-refractivity contribution in [3.05, 3.63) is 33.1 Å². The van der Waals surface area contributed by atoms with Gasteiger partial charge in [0, 0.05) is 19.4 Å². The van der Waals surface area contributed by atoms with Crippen molar-refractivity contribution < 1.29 is 13.9 Å². The maximum absolute atomic E-state index is 15.1. The maximum Gasteiger partial charge on any atom is 0.330 e. The molecule has 0 spiro atoms. The van der Waals surface area contributed by atoms with Crippen molar-refractivity contribution in [3.8, 4) is 0 Å². The molecule has 0 aliphatic carbocycles. The molecule has 112 valence electrons. The molecule has 1 N–H and O–H groups in total. The van der Waals surface area contributed by atoms with E-state index in [0.29, 0.717) is 6.42 Å². The number of rotatable bonds is 3. The lowest BCUT2D eigenvalue weighted by molar-refractivity contribution is -0.102. The molecule has 0 amide bonds. The summed E-state index contributed by atoms with van der Waals surface area (Å²) < 4.78 is 27.2. The zero-order chi connectivity index (χ0) is 15.1. The third kappa shape index (κ3) is 2.10. The Bertz CT molecular complexity index is 609. The van der Waals surface area contributed by atoms with Crippen molar-refractivity contribution in [2.24, 2.45) is 0 Å². The van der Waals surface area contributed by atoms with Crippen LogP contribution in [-0.2, 0) is 9.47 Å². The van der Waals surface area contributed by atoms with Crippen LogP contribution >= 0.6 is 0 Å². The number of H-pyrrole nitrogens is 1. The summed E-state index contributed by atoms with van der Waals surface area (Å²) in [5.41, 5.74) is -3.99. The lowest BCUT2D eigenvalue weighted by atomic mass is 9.88. The summed E-state index contributed by atoms with van der Waals surface area (Å²) in [5.74, 6) is 0. The van der Waals surface area contributed by atoms with Crippen LogP contribution in [0.1, 0.15) is 33.4 Å². The summed E-state index contributed by atoms with van der Waals surface area (Å²) in [4.78, 5) is 25.0. The van der Waals surface area contributed by atoms with Gasteiger partial charge < -0.3 is 9.47 Å². The highest BCUT2D eigenvalue weighted by molar-refractivity contribution is 5.07. The van der Waals surface area contributed by atoms with Gasteiger partial charge in [0.1, 0.15) is 6.10 Å². The molecule has 1 saturated heterocycles. The summed E-state index contributed by atoms with van der Waals surface area (Å²) in [7, 11) is 1.41. The van der Waals surface area contributed by atoms with Gasteiger partial charge in [0.15, 0.2) is 11.9 Å². The largest absolute Gasteiger partial charge is 0.375 e. The summed E-state index contributed by atoms with van der Waals surface area (Å²) in [6.45, 7) is 4.94. The first kappa shape index (κ1) is 14.9. The van der Waals surface area contributed by atoms with E-state index in [-0.39, 0.29) is 0 Å². The quantitative estimate of drug-likeness (QED) is 0.899. The first-order chi connectivity index (χ1) is 9.26. The number of methoxy groups -OCH3 is 1. The van der Waals surface area contributed by atoms with Gasteiger partial charge in [-0.15, -0.1) is 0 Å². The second-order valence-corrected chi connectivity index (χ2v) is 5.42. The Morgan fingerprint density at radius 3 is 2.60 bits per heavy atom. The minimum absolute atomic E-state index is 0.527. The molecule has 0 aromatic carbocycles. The Hall–Kier alpha value is -1.47. The van der Waals surface area contributed by atoms with Crippen molar-refractivity contribution in [1.29, 1.82) is 0 Å². The molecule has 1 aromatic heterocycles. The van der Waals surface area contributed by atoms with Crippen LogP contribution in [0.25, 0.3) is 0 Å². The van der Waals surface area contributed by atoms with Gasteiger partial charge in [-0.3, -0.25) is 14.3 Å². The fourth-order valence-corrected chi connectivity index (χ4v) is 2.85. The lowest BCUT2D eigenvalue weighted by Crippen LogP contribution is -2.47. The third-order valence-electron chi connectivity index (χ3n) is 3.97. The fourth-order valence-electron chi connectivity index (χ4n) is 2.85. The maximum atomic E-state index is 15.1. The molecule has 2 heterocycles. The highest BCUT2D eigenvalue weighted by atomic mass is 19.1. The van der Waals surface area contributed by atoms with E-state index in [1.165, 1.54) is 20.2 Å². The predicted octanol–water partition coefficient (Wildman–Crippen LogP) is 0.977. The predicted molar refractivity (Wildman–Crippen MR) is 70.5 cm³/mol. The van der Waals surface area contributed by atoms with Crippen LogP contribution in [0.15, 0.2) is 21.9 Å². The number of halogens is 1. The molecule has 4 unspecified atom stereocenters. The summed E-state index contributed by atoms with van der Waals surface area (Å²) >= 11 is 0. The number of alkyl halides is 1. The van der Waals surface area contributed by atoms with Crippen LogP contribution in [0.4, 0.5) is 4.39 Å². The fraction of sp³-hybridized carbons (Fsp3) is 0.692. The molecule has 4 atom stereocenters. The minimum atomic E-state index is -1.90. The van der Waals surface area contributed by atoms with Gasteiger partial charge >= 0.3 is 5.69 Å². The molecule has 6 nitrogen and oxygen atoms in total. The van der Waals surface area contributed by atoms with Crippen molar-refractivity contribution in [1.82, 2.24) is 9.55 Å². The minimum Gasteiger partial charge on any atom is -0.375 e. The lowest BCUT2D eigenvalue weighted by Gasteiger charge is -2.30. The first-order valence-corrected chi connectivity index (χ1v) is 6.47. The van der Waals surface area contributed by atoms with Gasteiger partial charge in [0.2, 0.25) is 0 Å². The van der Waals surface area contributed by atoms with E-state index in [0.717, 1.165) is 10.6 Å².